The molecule has 1 N–H and O–H groups in total. The van der Waals surface area contributed by atoms with Crippen LogP contribution >= 0.6 is 0 Å². The van der Waals surface area contributed by atoms with Crippen molar-refractivity contribution in [2.24, 2.45) is 0 Å². The van der Waals surface area contributed by atoms with Gasteiger partial charge in [0.15, 0.2) is 0 Å². The molecule has 1 aliphatic heterocycles. The van der Waals surface area contributed by atoms with Crippen LogP contribution in [0.15, 0.2) is 12.7 Å². The molecule has 3 nitrogen and oxygen atoms in total. The van der Waals surface area contributed by atoms with Gasteiger partial charge in [0, 0.05) is 19.0 Å². The molecule has 0 aliphatic carbocycles. The number of rotatable bonds is 5. The molecule has 0 radical (unpaired) electrons. The highest BCUT2D eigenvalue weighted by Gasteiger charge is 2.28. The molecule has 1 fully saturated rings. The minimum Gasteiger partial charge on any atom is -0.393 e. The molecular formula is C12H21NO2. The van der Waals surface area contributed by atoms with E-state index in [1.165, 1.54) is 0 Å². The van der Waals surface area contributed by atoms with E-state index in [-0.39, 0.29) is 18.1 Å². The van der Waals surface area contributed by atoms with Crippen LogP contribution in [-0.2, 0) is 4.79 Å². The van der Waals surface area contributed by atoms with Crippen LogP contribution in [0.5, 0.6) is 0 Å². The predicted octanol–water partition coefficient (Wildman–Crippen LogP) is 1.71. The minimum absolute atomic E-state index is 0.207. The molecule has 15 heavy (non-hydrogen) atoms. The number of carbonyl (C=O) groups excluding carboxylic acids is 1. The van der Waals surface area contributed by atoms with Crippen molar-refractivity contribution < 1.29 is 9.90 Å². The van der Waals surface area contributed by atoms with Crippen molar-refractivity contribution in [3.63, 3.8) is 0 Å². The van der Waals surface area contributed by atoms with Gasteiger partial charge in [-0.2, -0.15) is 0 Å². The molecule has 1 saturated heterocycles. The molecule has 0 aromatic carbocycles. The number of aliphatic hydroxyl groups excluding tert-OH is 1. The fourth-order valence-corrected chi connectivity index (χ4v) is 2.17. The second-order valence-electron chi connectivity index (χ2n) is 4.30. The molecule has 2 unspecified atom stereocenters. The standard InChI is InChI=1S/C12H21NO2/c1-3-4-7-12(15)13-8-5-6-11(13)9-10(2)14/h3,10-11,14H,1,4-9H2,2H3. The molecule has 2 atom stereocenters. The predicted molar refractivity (Wildman–Crippen MR) is 60.5 cm³/mol. The SMILES string of the molecule is C=CCCC(=O)N1CCCC1CC(C)O. The zero-order valence-electron chi connectivity index (χ0n) is 9.48. The molecule has 1 amide bonds. The van der Waals surface area contributed by atoms with Crippen molar-refractivity contribution in [2.45, 2.75) is 51.2 Å². The van der Waals surface area contributed by atoms with Gasteiger partial charge in [0.2, 0.25) is 5.91 Å². The molecule has 3 heteroatoms. The molecule has 86 valence electrons. The summed E-state index contributed by atoms with van der Waals surface area (Å²) >= 11 is 0. The van der Waals surface area contributed by atoms with Crippen LogP contribution < -0.4 is 0 Å². The van der Waals surface area contributed by atoms with Gasteiger partial charge in [0.05, 0.1) is 6.10 Å². The van der Waals surface area contributed by atoms with Crippen LogP contribution in [0.1, 0.15) is 39.0 Å². The Morgan fingerprint density at radius 3 is 3.07 bits per heavy atom. The van der Waals surface area contributed by atoms with Crippen molar-refractivity contribution in [2.75, 3.05) is 6.54 Å². The summed E-state index contributed by atoms with van der Waals surface area (Å²) in [5.41, 5.74) is 0. The molecule has 0 saturated carbocycles. The summed E-state index contributed by atoms with van der Waals surface area (Å²) < 4.78 is 0. The number of allylic oxidation sites excluding steroid dienone is 1. The summed E-state index contributed by atoms with van der Waals surface area (Å²) in [4.78, 5) is 13.7. The highest BCUT2D eigenvalue weighted by molar-refractivity contribution is 5.76. The Kier molecular flexibility index (Phi) is 4.82. The lowest BCUT2D eigenvalue weighted by molar-refractivity contribution is -0.132. The molecule has 0 spiro atoms. The van der Waals surface area contributed by atoms with E-state index >= 15 is 0 Å². The molecular weight excluding hydrogens is 190 g/mol. The molecule has 1 aliphatic rings. The zero-order chi connectivity index (χ0) is 11.3. The van der Waals surface area contributed by atoms with Gasteiger partial charge in [-0.1, -0.05) is 6.08 Å². The number of carbonyl (C=O) groups is 1. The fourth-order valence-electron chi connectivity index (χ4n) is 2.17. The van der Waals surface area contributed by atoms with Crippen LogP contribution in [0.2, 0.25) is 0 Å². The van der Waals surface area contributed by atoms with Gasteiger partial charge in [-0.3, -0.25) is 4.79 Å². The zero-order valence-corrected chi connectivity index (χ0v) is 9.48. The Bertz CT molecular complexity index is 226. The number of hydrogen-bond acceptors (Lipinski definition) is 2. The average molecular weight is 211 g/mol. The monoisotopic (exact) mass is 211 g/mol. The van der Waals surface area contributed by atoms with E-state index in [1.807, 2.05) is 4.90 Å². The van der Waals surface area contributed by atoms with Crippen LogP contribution in [0.3, 0.4) is 0 Å². The van der Waals surface area contributed by atoms with E-state index in [9.17, 15) is 9.90 Å². The van der Waals surface area contributed by atoms with E-state index in [2.05, 4.69) is 6.58 Å². The topological polar surface area (TPSA) is 40.5 Å². The summed E-state index contributed by atoms with van der Waals surface area (Å²) in [7, 11) is 0. The number of likely N-dealkylation sites (tertiary alicyclic amines) is 1. The van der Waals surface area contributed by atoms with Gasteiger partial charge in [-0.25, -0.2) is 0 Å². The first-order valence-corrected chi connectivity index (χ1v) is 5.73. The minimum atomic E-state index is -0.317. The smallest absolute Gasteiger partial charge is 0.223 e. The number of hydrogen-bond donors (Lipinski definition) is 1. The van der Waals surface area contributed by atoms with E-state index in [4.69, 9.17) is 0 Å². The van der Waals surface area contributed by atoms with Crippen LogP contribution in [-0.4, -0.2) is 34.6 Å². The van der Waals surface area contributed by atoms with Crippen molar-refractivity contribution in [1.29, 1.82) is 0 Å². The average Bonchev–Trinajstić information content (AvgIpc) is 2.61. The largest absolute Gasteiger partial charge is 0.393 e. The Morgan fingerprint density at radius 2 is 2.47 bits per heavy atom. The third-order valence-corrected chi connectivity index (χ3v) is 2.87. The molecule has 0 aromatic heterocycles. The van der Waals surface area contributed by atoms with Gasteiger partial charge in [0.25, 0.3) is 0 Å². The number of amides is 1. The molecule has 1 rings (SSSR count). The normalized spacial score (nSPS) is 22.8. The summed E-state index contributed by atoms with van der Waals surface area (Å²) in [6, 6.07) is 0.252. The van der Waals surface area contributed by atoms with Crippen LogP contribution in [0, 0.1) is 0 Å². The van der Waals surface area contributed by atoms with Crippen LogP contribution in [0.25, 0.3) is 0 Å². The third-order valence-electron chi connectivity index (χ3n) is 2.87. The molecule has 0 aromatic rings. The summed E-state index contributed by atoms with van der Waals surface area (Å²) in [6.07, 6.45) is 5.57. The maximum absolute atomic E-state index is 11.8. The second kappa shape index (κ2) is 5.91. The quantitative estimate of drug-likeness (QED) is 0.703. The first-order chi connectivity index (χ1) is 7.15. The highest BCUT2D eigenvalue weighted by atomic mass is 16.3. The van der Waals surface area contributed by atoms with Gasteiger partial charge < -0.3 is 10.0 Å². The van der Waals surface area contributed by atoms with Crippen molar-refractivity contribution >= 4 is 5.91 Å². The van der Waals surface area contributed by atoms with E-state index in [1.54, 1.807) is 13.0 Å². The molecule has 1 heterocycles. The van der Waals surface area contributed by atoms with Crippen molar-refractivity contribution in [3.05, 3.63) is 12.7 Å². The first-order valence-electron chi connectivity index (χ1n) is 5.73. The van der Waals surface area contributed by atoms with Crippen molar-refractivity contribution in [3.8, 4) is 0 Å². The van der Waals surface area contributed by atoms with Gasteiger partial charge in [-0.05, 0) is 32.6 Å². The second-order valence-corrected chi connectivity index (χ2v) is 4.30. The maximum Gasteiger partial charge on any atom is 0.223 e. The lowest BCUT2D eigenvalue weighted by Gasteiger charge is -2.25. The van der Waals surface area contributed by atoms with Crippen molar-refractivity contribution in [1.82, 2.24) is 4.90 Å². The van der Waals surface area contributed by atoms with E-state index in [0.29, 0.717) is 12.8 Å². The first kappa shape index (κ1) is 12.2. The Hall–Kier alpha value is -0.830. The summed E-state index contributed by atoms with van der Waals surface area (Å²) in [5.74, 6) is 0.207. The Morgan fingerprint density at radius 1 is 1.73 bits per heavy atom. The third kappa shape index (κ3) is 3.67. The fraction of sp³-hybridized carbons (Fsp3) is 0.750. The Balaban J connectivity index is 2.44. The Labute approximate surface area is 91.8 Å². The lowest BCUT2D eigenvalue weighted by Crippen LogP contribution is -2.36. The highest BCUT2D eigenvalue weighted by Crippen LogP contribution is 2.22. The van der Waals surface area contributed by atoms with E-state index < -0.39 is 0 Å². The van der Waals surface area contributed by atoms with Crippen LogP contribution in [0.4, 0.5) is 0 Å². The van der Waals surface area contributed by atoms with Gasteiger partial charge in [0.1, 0.15) is 0 Å². The van der Waals surface area contributed by atoms with Gasteiger partial charge in [-0.15, -0.1) is 6.58 Å². The lowest BCUT2D eigenvalue weighted by atomic mass is 10.1. The van der Waals surface area contributed by atoms with Gasteiger partial charge >= 0.3 is 0 Å². The number of aliphatic hydroxyl groups is 1. The summed E-state index contributed by atoms with van der Waals surface area (Å²) in [5, 5.41) is 9.33. The molecule has 0 bridgehead atoms. The summed E-state index contributed by atoms with van der Waals surface area (Å²) in [6.45, 7) is 6.25. The number of nitrogens with zero attached hydrogens (tertiary/aromatic N) is 1. The maximum atomic E-state index is 11.8. The van der Waals surface area contributed by atoms with E-state index in [0.717, 1.165) is 25.8 Å².